The van der Waals surface area contributed by atoms with Crippen molar-refractivity contribution in [3.05, 3.63) is 47.0 Å². The molecule has 0 bridgehead atoms. The highest BCUT2D eigenvalue weighted by Crippen LogP contribution is 2.40. The SMILES string of the molecule is CCCc1c(OCCCOc2ccc(C(N)=O)c(OC)c2CC2CC2)cccc1OCC(=O)OCC. The van der Waals surface area contributed by atoms with Gasteiger partial charge in [0.25, 0.3) is 5.91 Å². The summed E-state index contributed by atoms with van der Waals surface area (Å²) in [6, 6.07) is 9.05. The Balaban J connectivity index is 1.59. The van der Waals surface area contributed by atoms with Crippen LogP contribution in [0.5, 0.6) is 23.0 Å². The molecule has 2 aromatic rings. The van der Waals surface area contributed by atoms with Crippen LogP contribution in [0.15, 0.2) is 30.3 Å². The summed E-state index contributed by atoms with van der Waals surface area (Å²) in [4.78, 5) is 23.5. The summed E-state index contributed by atoms with van der Waals surface area (Å²) in [6.45, 7) is 4.92. The van der Waals surface area contributed by atoms with Crippen LogP contribution in [-0.2, 0) is 22.4 Å². The predicted molar refractivity (Wildman–Crippen MR) is 136 cm³/mol. The van der Waals surface area contributed by atoms with Crippen LogP contribution in [-0.4, -0.2) is 45.4 Å². The number of methoxy groups -OCH3 is 1. The van der Waals surface area contributed by atoms with Gasteiger partial charge in [0.15, 0.2) is 6.61 Å². The molecule has 0 atom stereocenters. The Kier molecular flexibility index (Phi) is 10.3. The molecular formula is C28H37NO7. The molecule has 0 spiro atoms. The Hall–Kier alpha value is -3.42. The lowest BCUT2D eigenvalue weighted by Crippen LogP contribution is -2.15. The first-order valence-electron chi connectivity index (χ1n) is 12.6. The number of rotatable bonds is 16. The van der Waals surface area contributed by atoms with Crippen molar-refractivity contribution in [3.8, 4) is 23.0 Å². The van der Waals surface area contributed by atoms with E-state index in [2.05, 4.69) is 6.92 Å². The van der Waals surface area contributed by atoms with Gasteiger partial charge in [0.05, 0.1) is 32.5 Å². The Morgan fingerprint density at radius 1 is 0.944 bits per heavy atom. The third-order valence-electron chi connectivity index (χ3n) is 5.92. The second kappa shape index (κ2) is 13.6. The molecule has 1 saturated carbocycles. The first-order chi connectivity index (χ1) is 17.5. The second-order valence-corrected chi connectivity index (χ2v) is 8.76. The van der Waals surface area contributed by atoms with Crippen LogP contribution in [0.2, 0.25) is 0 Å². The number of carbonyl (C=O) groups is 2. The van der Waals surface area contributed by atoms with Crippen molar-refractivity contribution >= 4 is 11.9 Å². The first-order valence-corrected chi connectivity index (χ1v) is 12.6. The second-order valence-electron chi connectivity index (χ2n) is 8.76. The summed E-state index contributed by atoms with van der Waals surface area (Å²) in [5.74, 6) is 2.26. The minimum absolute atomic E-state index is 0.136. The maximum absolute atomic E-state index is 11.8. The van der Waals surface area contributed by atoms with Gasteiger partial charge in [0.1, 0.15) is 23.0 Å². The number of hydrogen-bond donors (Lipinski definition) is 1. The zero-order valence-electron chi connectivity index (χ0n) is 21.5. The zero-order valence-corrected chi connectivity index (χ0v) is 21.5. The van der Waals surface area contributed by atoms with Crippen molar-refractivity contribution in [2.75, 3.05) is 33.5 Å². The van der Waals surface area contributed by atoms with Gasteiger partial charge in [-0.05, 0) is 62.8 Å². The largest absolute Gasteiger partial charge is 0.495 e. The molecule has 1 aliphatic carbocycles. The number of amides is 1. The average molecular weight is 500 g/mol. The van der Waals surface area contributed by atoms with Gasteiger partial charge in [-0.1, -0.05) is 19.4 Å². The van der Waals surface area contributed by atoms with E-state index in [1.54, 1.807) is 26.2 Å². The van der Waals surface area contributed by atoms with E-state index in [-0.39, 0.29) is 6.61 Å². The maximum Gasteiger partial charge on any atom is 0.344 e. The molecule has 0 aliphatic heterocycles. The fraction of sp³-hybridized carbons (Fsp3) is 0.500. The lowest BCUT2D eigenvalue weighted by Gasteiger charge is -2.18. The smallest absolute Gasteiger partial charge is 0.344 e. The standard InChI is InChI=1S/C28H37NO7/c1-4-8-20-23(9-6-10-24(20)36-18-26(30)33-5-2)34-15-7-16-35-25-14-13-21(28(29)31)27(32-3)22(25)17-19-11-12-19/h6,9-10,13-14,19H,4-5,7-8,11-12,15-18H2,1-3H3,(H2,29,31). The Labute approximate surface area is 213 Å². The molecule has 0 saturated heterocycles. The van der Waals surface area contributed by atoms with Crippen molar-refractivity contribution in [2.45, 2.75) is 52.4 Å². The van der Waals surface area contributed by atoms with Gasteiger partial charge >= 0.3 is 5.97 Å². The lowest BCUT2D eigenvalue weighted by molar-refractivity contribution is -0.145. The number of nitrogens with two attached hydrogens (primary N) is 1. The van der Waals surface area contributed by atoms with Crippen molar-refractivity contribution in [2.24, 2.45) is 11.7 Å². The summed E-state index contributed by atoms with van der Waals surface area (Å²) in [5.41, 5.74) is 7.74. The van der Waals surface area contributed by atoms with Crippen molar-refractivity contribution in [1.82, 2.24) is 0 Å². The van der Waals surface area contributed by atoms with Gasteiger partial charge in [-0.15, -0.1) is 0 Å². The van der Waals surface area contributed by atoms with Crippen molar-refractivity contribution in [3.63, 3.8) is 0 Å². The van der Waals surface area contributed by atoms with Crippen molar-refractivity contribution < 1.29 is 33.3 Å². The van der Waals surface area contributed by atoms with Gasteiger partial charge < -0.3 is 29.4 Å². The van der Waals surface area contributed by atoms with Gasteiger partial charge in [-0.2, -0.15) is 0 Å². The van der Waals surface area contributed by atoms with Crippen LogP contribution < -0.4 is 24.7 Å². The van der Waals surface area contributed by atoms with Gasteiger partial charge in [0, 0.05) is 17.5 Å². The molecule has 1 aliphatic rings. The molecule has 0 radical (unpaired) electrons. The zero-order chi connectivity index (χ0) is 25.9. The molecule has 3 rings (SSSR count). The number of ether oxygens (including phenoxy) is 5. The molecule has 0 unspecified atom stereocenters. The average Bonchev–Trinajstić information content (AvgIpc) is 3.68. The highest BCUT2D eigenvalue weighted by Gasteiger charge is 2.27. The lowest BCUT2D eigenvalue weighted by atomic mass is 10.0. The molecule has 196 valence electrons. The van der Waals surface area contributed by atoms with Gasteiger partial charge in [-0.25, -0.2) is 4.79 Å². The Bertz CT molecular complexity index is 1030. The van der Waals surface area contributed by atoms with Gasteiger partial charge in [-0.3, -0.25) is 4.79 Å². The summed E-state index contributed by atoms with van der Waals surface area (Å²) in [6.07, 6.45) is 5.46. The van der Waals surface area contributed by atoms with Crippen LogP contribution >= 0.6 is 0 Å². The number of benzene rings is 2. The van der Waals surface area contributed by atoms with Gasteiger partial charge in [0.2, 0.25) is 0 Å². The predicted octanol–water partition coefficient (Wildman–Crippen LogP) is 4.49. The van der Waals surface area contributed by atoms with E-state index in [9.17, 15) is 9.59 Å². The minimum atomic E-state index is -0.514. The van der Waals surface area contributed by atoms with E-state index in [1.807, 2.05) is 18.2 Å². The number of primary amides is 1. The monoisotopic (exact) mass is 499 g/mol. The molecule has 1 amide bonds. The van der Waals surface area contributed by atoms with E-state index in [4.69, 9.17) is 29.4 Å². The Morgan fingerprint density at radius 2 is 1.61 bits per heavy atom. The Morgan fingerprint density at radius 3 is 2.19 bits per heavy atom. The first kappa shape index (κ1) is 27.2. The van der Waals surface area contributed by atoms with E-state index in [1.165, 1.54) is 12.8 Å². The molecule has 36 heavy (non-hydrogen) atoms. The fourth-order valence-corrected chi connectivity index (χ4v) is 4.05. The molecule has 2 aromatic carbocycles. The van der Waals surface area contributed by atoms with E-state index in [0.717, 1.165) is 36.1 Å². The fourth-order valence-electron chi connectivity index (χ4n) is 4.05. The molecule has 0 aromatic heterocycles. The van der Waals surface area contributed by atoms with E-state index < -0.39 is 11.9 Å². The third-order valence-corrected chi connectivity index (χ3v) is 5.92. The van der Waals surface area contributed by atoms with Crippen LogP contribution in [0.25, 0.3) is 0 Å². The van der Waals surface area contributed by atoms with Crippen LogP contribution in [0, 0.1) is 5.92 Å². The van der Waals surface area contributed by atoms with E-state index in [0.29, 0.717) is 55.0 Å². The molecule has 8 heteroatoms. The normalized spacial score (nSPS) is 12.6. The molecular weight excluding hydrogens is 462 g/mol. The topological polar surface area (TPSA) is 106 Å². The highest BCUT2D eigenvalue weighted by atomic mass is 16.6. The summed E-state index contributed by atoms with van der Waals surface area (Å²) in [7, 11) is 1.55. The summed E-state index contributed by atoms with van der Waals surface area (Å²) >= 11 is 0. The van der Waals surface area contributed by atoms with Crippen molar-refractivity contribution in [1.29, 1.82) is 0 Å². The summed E-state index contributed by atoms with van der Waals surface area (Å²) < 4.78 is 28.3. The quantitative estimate of drug-likeness (QED) is 0.268. The summed E-state index contributed by atoms with van der Waals surface area (Å²) in [5, 5.41) is 0. The van der Waals surface area contributed by atoms with Crippen LogP contribution in [0.4, 0.5) is 0 Å². The minimum Gasteiger partial charge on any atom is -0.495 e. The number of esters is 1. The highest BCUT2D eigenvalue weighted by molar-refractivity contribution is 5.96. The molecule has 8 nitrogen and oxygen atoms in total. The van der Waals surface area contributed by atoms with E-state index >= 15 is 0 Å². The molecule has 2 N–H and O–H groups in total. The molecule has 1 fully saturated rings. The van der Waals surface area contributed by atoms with Crippen LogP contribution in [0.3, 0.4) is 0 Å². The number of carbonyl (C=O) groups excluding carboxylic acids is 2. The maximum atomic E-state index is 11.8. The van der Waals surface area contributed by atoms with Crippen LogP contribution in [0.1, 0.15) is 61.0 Å². The molecule has 0 heterocycles. The number of hydrogen-bond acceptors (Lipinski definition) is 7. The third kappa shape index (κ3) is 7.54.